The van der Waals surface area contributed by atoms with Gasteiger partial charge in [0, 0.05) is 28.9 Å². The van der Waals surface area contributed by atoms with Gasteiger partial charge < -0.3 is 4.90 Å². The largest absolute Gasteiger partial charge is 0.310 e. The predicted octanol–water partition coefficient (Wildman–Crippen LogP) is 3.73. The van der Waals surface area contributed by atoms with E-state index in [-0.39, 0.29) is 5.91 Å². The van der Waals surface area contributed by atoms with Crippen LogP contribution in [0.2, 0.25) is 5.02 Å². The number of carbonyl (C=O) groups is 1. The van der Waals surface area contributed by atoms with E-state index in [4.69, 9.17) is 11.6 Å². The third-order valence-electron chi connectivity index (χ3n) is 2.69. The summed E-state index contributed by atoms with van der Waals surface area (Å²) < 4.78 is 0. The van der Waals surface area contributed by atoms with E-state index in [1.54, 1.807) is 35.8 Å². The lowest BCUT2D eigenvalue weighted by Crippen LogP contribution is -2.27. The number of amides is 1. The fourth-order valence-electron chi connectivity index (χ4n) is 1.63. The minimum atomic E-state index is -0.180. The summed E-state index contributed by atoms with van der Waals surface area (Å²) in [6, 6.07) is 11.0. The first-order chi connectivity index (χ1) is 9.11. The van der Waals surface area contributed by atoms with Gasteiger partial charge in [0.15, 0.2) is 0 Å². The van der Waals surface area contributed by atoms with E-state index >= 15 is 0 Å². The molecule has 0 fully saturated rings. The normalized spacial score (nSPS) is 10.3. The zero-order chi connectivity index (χ0) is 13.8. The van der Waals surface area contributed by atoms with Gasteiger partial charge in [-0.05, 0) is 36.6 Å². The number of hydrogen-bond acceptors (Lipinski definition) is 3. The molecule has 1 amide bonds. The van der Waals surface area contributed by atoms with Crippen LogP contribution in [-0.4, -0.2) is 24.2 Å². The number of halogens is 1. The molecule has 1 heterocycles. The van der Waals surface area contributed by atoms with Crippen molar-refractivity contribution >= 4 is 35.0 Å². The summed E-state index contributed by atoms with van der Waals surface area (Å²) in [5.74, 6) is -0.180. The standard InChI is InChI=1S/C14H13ClN2OS/c1-17(11-4-3-5-12(9-11)19-2)14(18)13-8-10(15)6-7-16-13/h3-9H,1-2H3. The minimum Gasteiger partial charge on any atom is -0.310 e. The Morgan fingerprint density at radius 3 is 2.79 bits per heavy atom. The van der Waals surface area contributed by atoms with Gasteiger partial charge in [-0.1, -0.05) is 17.7 Å². The lowest BCUT2D eigenvalue weighted by atomic mass is 10.2. The zero-order valence-electron chi connectivity index (χ0n) is 10.6. The molecule has 0 unspecified atom stereocenters. The first-order valence-electron chi connectivity index (χ1n) is 5.65. The van der Waals surface area contributed by atoms with E-state index in [9.17, 15) is 4.79 Å². The summed E-state index contributed by atoms with van der Waals surface area (Å²) >= 11 is 7.51. The monoisotopic (exact) mass is 292 g/mol. The molecule has 0 aliphatic carbocycles. The summed E-state index contributed by atoms with van der Waals surface area (Å²) in [5.41, 5.74) is 1.17. The molecule has 2 rings (SSSR count). The molecule has 0 bridgehead atoms. The van der Waals surface area contributed by atoms with E-state index in [0.29, 0.717) is 10.7 Å². The Balaban J connectivity index is 2.28. The van der Waals surface area contributed by atoms with Crippen molar-refractivity contribution in [2.75, 3.05) is 18.2 Å². The number of carbonyl (C=O) groups excluding carboxylic acids is 1. The van der Waals surface area contributed by atoms with Gasteiger partial charge in [-0.2, -0.15) is 0 Å². The number of aromatic nitrogens is 1. The Bertz CT molecular complexity index is 604. The summed E-state index contributed by atoms with van der Waals surface area (Å²) in [7, 11) is 1.73. The Morgan fingerprint density at radius 2 is 2.11 bits per heavy atom. The fourth-order valence-corrected chi connectivity index (χ4v) is 2.24. The Labute approximate surface area is 121 Å². The highest BCUT2D eigenvalue weighted by Crippen LogP contribution is 2.22. The van der Waals surface area contributed by atoms with E-state index in [2.05, 4.69) is 4.98 Å². The molecule has 0 aliphatic rings. The Morgan fingerprint density at radius 1 is 1.32 bits per heavy atom. The molecule has 19 heavy (non-hydrogen) atoms. The van der Waals surface area contributed by atoms with Crippen LogP contribution in [0.1, 0.15) is 10.5 Å². The van der Waals surface area contributed by atoms with Gasteiger partial charge in [0.25, 0.3) is 5.91 Å². The Hall–Kier alpha value is -1.52. The summed E-state index contributed by atoms with van der Waals surface area (Å²) in [5, 5.41) is 0.504. The molecule has 1 aromatic carbocycles. The highest BCUT2D eigenvalue weighted by molar-refractivity contribution is 7.98. The van der Waals surface area contributed by atoms with Crippen molar-refractivity contribution < 1.29 is 4.79 Å². The number of hydrogen-bond donors (Lipinski definition) is 0. The van der Waals surface area contributed by atoms with Gasteiger partial charge >= 0.3 is 0 Å². The quantitative estimate of drug-likeness (QED) is 0.808. The molecule has 0 saturated carbocycles. The van der Waals surface area contributed by atoms with Crippen molar-refractivity contribution in [2.24, 2.45) is 0 Å². The molecule has 2 aromatic rings. The molecule has 0 radical (unpaired) electrons. The topological polar surface area (TPSA) is 33.2 Å². The number of pyridine rings is 1. The molecule has 5 heteroatoms. The first kappa shape index (κ1) is 13.9. The second-order valence-corrected chi connectivity index (χ2v) is 5.24. The van der Waals surface area contributed by atoms with Crippen LogP contribution in [-0.2, 0) is 0 Å². The second kappa shape index (κ2) is 6.08. The van der Waals surface area contributed by atoms with Gasteiger partial charge in [0.1, 0.15) is 5.69 Å². The van der Waals surface area contributed by atoms with E-state index in [1.165, 1.54) is 6.20 Å². The fraction of sp³-hybridized carbons (Fsp3) is 0.143. The average molecular weight is 293 g/mol. The van der Waals surface area contributed by atoms with Crippen LogP contribution in [0.3, 0.4) is 0 Å². The third kappa shape index (κ3) is 3.28. The number of thioether (sulfide) groups is 1. The lowest BCUT2D eigenvalue weighted by molar-refractivity contribution is 0.0988. The summed E-state index contributed by atoms with van der Waals surface area (Å²) in [4.78, 5) is 19.0. The molecule has 98 valence electrons. The molecular weight excluding hydrogens is 280 g/mol. The molecule has 1 aromatic heterocycles. The molecule has 0 spiro atoms. The maximum absolute atomic E-state index is 12.3. The van der Waals surface area contributed by atoms with Crippen molar-refractivity contribution in [1.82, 2.24) is 4.98 Å². The van der Waals surface area contributed by atoms with Crippen LogP contribution in [0.25, 0.3) is 0 Å². The van der Waals surface area contributed by atoms with E-state index in [0.717, 1.165) is 10.6 Å². The van der Waals surface area contributed by atoms with Crippen molar-refractivity contribution in [2.45, 2.75) is 4.90 Å². The van der Waals surface area contributed by atoms with Crippen LogP contribution in [0.15, 0.2) is 47.5 Å². The van der Waals surface area contributed by atoms with Crippen LogP contribution < -0.4 is 4.90 Å². The Kier molecular flexibility index (Phi) is 4.45. The first-order valence-corrected chi connectivity index (χ1v) is 7.26. The van der Waals surface area contributed by atoms with E-state index in [1.807, 2.05) is 30.5 Å². The molecular formula is C14H13ClN2OS. The van der Waals surface area contributed by atoms with Crippen molar-refractivity contribution in [1.29, 1.82) is 0 Å². The van der Waals surface area contributed by atoms with Crippen molar-refractivity contribution in [3.63, 3.8) is 0 Å². The molecule has 0 atom stereocenters. The smallest absolute Gasteiger partial charge is 0.276 e. The minimum absolute atomic E-state index is 0.180. The van der Waals surface area contributed by atoms with E-state index < -0.39 is 0 Å². The third-order valence-corrected chi connectivity index (χ3v) is 3.65. The number of nitrogens with zero attached hydrogens (tertiary/aromatic N) is 2. The maximum Gasteiger partial charge on any atom is 0.276 e. The average Bonchev–Trinajstić information content (AvgIpc) is 2.45. The van der Waals surface area contributed by atoms with Gasteiger partial charge in [-0.3, -0.25) is 9.78 Å². The lowest BCUT2D eigenvalue weighted by Gasteiger charge is -2.17. The van der Waals surface area contributed by atoms with Crippen LogP contribution >= 0.6 is 23.4 Å². The molecule has 3 nitrogen and oxygen atoms in total. The SMILES string of the molecule is CSc1cccc(N(C)C(=O)c2cc(Cl)ccn2)c1. The highest BCUT2D eigenvalue weighted by Gasteiger charge is 2.15. The van der Waals surface area contributed by atoms with Gasteiger partial charge in [-0.15, -0.1) is 11.8 Å². The van der Waals surface area contributed by atoms with Gasteiger partial charge in [0.05, 0.1) is 0 Å². The van der Waals surface area contributed by atoms with Gasteiger partial charge in [0.2, 0.25) is 0 Å². The summed E-state index contributed by atoms with van der Waals surface area (Å²) in [6.45, 7) is 0. The molecule has 0 N–H and O–H groups in total. The second-order valence-electron chi connectivity index (χ2n) is 3.92. The van der Waals surface area contributed by atoms with Gasteiger partial charge in [-0.25, -0.2) is 0 Å². The maximum atomic E-state index is 12.3. The van der Waals surface area contributed by atoms with Crippen molar-refractivity contribution in [3.05, 3.63) is 53.3 Å². The van der Waals surface area contributed by atoms with Crippen LogP contribution in [0, 0.1) is 0 Å². The molecule has 0 saturated heterocycles. The van der Waals surface area contributed by atoms with Crippen molar-refractivity contribution in [3.8, 4) is 0 Å². The van der Waals surface area contributed by atoms with Crippen LogP contribution in [0.5, 0.6) is 0 Å². The highest BCUT2D eigenvalue weighted by atomic mass is 35.5. The molecule has 0 aliphatic heterocycles. The number of rotatable bonds is 3. The number of anilines is 1. The zero-order valence-corrected chi connectivity index (χ0v) is 12.2. The van der Waals surface area contributed by atoms with Crippen LogP contribution in [0.4, 0.5) is 5.69 Å². The summed E-state index contributed by atoms with van der Waals surface area (Å²) in [6.07, 6.45) is 3.53. The predicted molar refractivity (Wildman–Crippen MR) is 80.2 cm³/mol. The number of benzene rings is 1.